The Morgan fingerprint density at radius 3 is 2.80 bits per heavy atom. The summed E-state index contributed by atoms with van der Waals surface area (Å²) in [5.41, 5.74) is 7.21. The van der Waals surface area contributed by atoms with Gasteiger partial charge in [0, 0.05) is 12.1 Å². The minimum absolute atomic E-state index is 0. The number of nitrogens with two attached hydrogens (primary N) is 1. The second kappa shape index (κ2) is 4.14. The van der Waals surface area contributed by atoms with E-state index in [2.05, 4.69) is 6.58 Å². The highest BCUT2D eigenvalue weighted by Crippen LogP contribution is 2.09. The summed E-state index contributed by atoms with van der Waals surface area (Å²) in [7, 11) is 0. The topological polar surface area (TPSA) is 39.2 Å². The van der Waals surface area contributed by atoms with Crippen LogP contribution in [0.25, 0.3) is 5.57 Å². The maximum absolute atomic E-state index is 5.32. The van der Waals surface area contributed by atoms with E-state index in [0.29, 0.717) is 6.54 Å². The predicted molar refractivity (Wildman–Crippen MR) is 44.0 cm³/mol. The summed E-state index contributed by atoms with van der Waals surface area (Å²) in [6.45, 7) is 4.22. The first-order valence-electron chi connectivity index (χ1n) is 2.75. The molecule has 0 amide bonds. The molecule has 0 aliphatic carbocycles. The van der Waals surface area contributed by atoms with E-state index < -0.39 is 0 Å². The van der Waals surface area contributed by atoms with Crippen LogP contribution < -0.4 is 5.73 Å². The number of furan rings is 1. The predicted octanol–water partition coefficient (Wildman–Crippen LogP) is 1.67. The highest BCUT2D eigenvalue weighted by Gasteiger charge is 1.94. The van der Waals surface area contributed by atoms with Crippen molar-refractivity contribution in [2.24, 2.45) is 5.73 Å². The molecule has 1 aromatic heterocycles. The van der Waals surface area contributed by atoms with Crippen LogP contribution in [0.2, 0.25) is 0 Å². The fourth-order valence-corrected chi connectivity index (χ4v) is 0.583. The van der Waals surface area contributed by atoms with Crippen LogP contribution in [0.5, 0.6) is 0 Å². The Labute approximate surface area is 66.1 Å². The molecule has 1 heterocycles. The van der Waals surface area contributed by atoms with Crippen LogP contribution in [-0.2, 0) is 0 Å². The molecule has 0 spiro atoms. The van der Waals surface area contributed by atoms with Gasteiger partial charge in [0.2, 0.25) is 0 Å². The lowest BCUT2D eigenvalue weighted by molar-refractivity contribution is 0.566. The van der Waals surface area contributed by atoms with Gasteiger partial charge in [-0.1, -0.05) is 6.58 Å². The van der Waals surface area contributed by atoms with Gasteiger partial charge >= 0.3 is 0 Å². The van der Waals surface area contributed by atoms with Crippen molar-refractivity contribution in [1.82, 2.24) is 0 Å². The van der Waals surface area contributed by atoms with Gasteiger partial charge in [0.1, 0.15) is 0 Å². The molecule has 0 fully saturated rings. The average molecular weight is 160 g/mol. The zero-order chi connectivity index (χ0) is 6.69. The largest absolute Gasteiger partial charge is 0.472 e. The van der Waals surface area contributed by atoms with Crippen molar-refractivity contribution < 1.29 is 4.42 Å². The van der Waals surface area contributed by atoms with Crippen molar-refractivity contribution in [3.8, 4) is 0 Å². The number of rotatable bonds is 2. The third-order valence-electron chi connectivity index (χ3n) is 1.18. The Bertz CT molecular complexity index is 193. The molecule has 0 bridgehead atoms. The molecule has 0 aromatic carbocycles. The number of hydrogen-bond acceptors (Lipinski definition) is 2. The quantitative estimate of drug-likeness (QED) is 0.713. The normalized spacial score (nSPS) is 8.50. The van der Waals surface area contributed by atoms with E-state index in [1.807, 2.05) is 6.07 Å². The van der Waals surface area contributed by atoms with Crippen molar-refractivity contribution >= 4 is 18.0 Å². The van der Waals surface area contributed by atoms with E-state index in [1.54, 1.807) is 12.5 Å². The molecule has 3 heteroatoms. The SMILES string of the molecule is C=C(CN)c1ccoc1.Cl. The van der Waals surface area contributed by atoms with Crippen molar-refractivity contribution in [1.29, 1.82) is 0 Å². The van der Waals surface area contributed by atoms with Crippen molar-refractivity contribution in [3.05, 3.63) is 30.7 Å². The second-order valence-electron chi connectivity index (χ2n) is 1.82. The molecule has 0 saturated heterocycles. The third-order valence-corrected chi connectivity index (χ3v) is 1.18. The Hall–Kier alpha value is -0.730. The van der Waals surface area contributed by atoms with Gasteiger partial charge in [-0.2, -0.15) is 0 Å². The molecule has 0 saturated carbocycles. The second-order valence-corrected chi connectivity index (χ2v) is 1.82. The van der Waals surface area contributed by atoms with Crippen LogP contribution in [-0.4, -0.2) is 6.54 Å². The van der Waals surface area contributed by atoms with Crippen LogP contribution in [0.1, 0.15) is 5.56 Å². The molecule has 10 heavy (non-hydrogen) atoms. The zero-order valence-electron chi connectivity index (χ0n) is 5.54. The first-order chi connectivity index (χ1) is 4.34. The number of halogens is 1. The molecule has 0 radical (unpaired) electrons. The van der Waals surface area contributed by atoms with Crippen LogP contribution >= 0.6 is 12.4 Å². The van der Waals surface area contributed by atoms with Crippen molar-refractivity contribution in [2.75, 3.05) is 6.54 Å². The number of hydrogen-bond donors (Lipinski definition) is 1. The van der Waals surface area contributed by atoms with Crippen molar-refractivity contribution in [3.63, 3.8) is 0 Å². The minimum atomic E-state index is 0. The summed E-state index contributed by atoms with van der Waals surface area (Å²) in [4.78, 5) is 0. The Kier molecular flexibility index (Phi) is 3.84. The van der Waals surface area contributed by atoms with Gasteiger partial charge in [-0.05, 0) is 11.6 Å². The molecule has 1 aromatic rings. The first-order valence-corrected chi connectivity index (χ1v) is 2.75. The van der Waals surface area contributed by atoms with E-state index in [-0.39, 0.29) is 12.4 Å². The van der Waals surface area contributed by atoms with Crippen molar-refractivity contribution in [2.45, 2.75) is 0 Å². The van der Waals surface area contributed by atoms with Gasteiger partial charge in [-0.25, -0.2) is 0 Å². The monoisotopic (exact) mass is 159 g/mol. The van der Waals surface area contributed by atoms with Gasteiger partial charge in [0.25, 0.3) is 0 Å². The lowest BCUT2D eigenvalue weighted by atomic mass is 10.2. The molecular formula is C7H10ClNO. The fourth-order valence-electron chi connectivity index (χ4n) is 0.583. The standard InChI is InChI=1S/C7H9NO.ClH/c1-6(4-8)7-2-3-9-5-7;/h2-3,5H,1,4,8H2;1H. The molecule has 0 aliphatic heterocycles. The third kappa shape index (κ3) is 1.90. The van der Waals surface area contributed by atoms with Crippen LogP contribution in [0.3, 0.4) is 0 Å². The summed E-state index contributed by atoms with van der Waals surface area (Å²) in [5, 5.41) is 0. The lowest BCUT2D eigenvalue weighted by Gasteiger charge is -1.93. The van der Waals surface area contributed by atoms with Gasteiger partial charge in [-0.15, -0.1) is 12.4 Å². The Morgan fingerprint density at radius 1 is 1.70 bits per heavy atom. The van der Waals surface area contributed by atoms with E-state index in [1.165, 1.54) is 0 Å². The van der Waals surface area contributed by atoms with Gasteiger partial charge < -0.3 is 10.2 Å². The molecule has 56 valence electrons. The molecule has 2 nitrogen and oxygen atoms in total. The highest BCUT2D eigenvalue weighted by molar-refractivity contribution is 5.85. The van der Waals surface area contributed by atoms with E-state index >= 15 is 0 Å². The van der Waals surface area contributed by atoms with Crippen LogP contribution in [0.15, 0.2) is 29.6 Å². The zero-order valence-corrected chi connectivity index (χ0v) is 6.36. The smallest absolute Gasteiger partial charge is 0.0977 e. The maximum Gasteiger partial charge on any atom is 0.0977 e. The molecular weight excluding hydrogens is 150 g/mol. The highest BCUT2D eigenvalue weighted by atomic mass is 35.5. The summed E-state index contributed by atoms with van der Waals surface area (Å²) in [5.74, 6) is 0. The first kappa shape index (κ1) is 9.27. The maximum atomic E-state index is 5.32. The molecule has 0 unspecified atom stereocenters. The van der Waals surface area contributed by atoms with E-state index in [0.717, 1.165) is 11.1 Å². The summed E-state index contributed by atoms with van der Waals surface area (Å²) in [6, 6.07) is 1.84. The van der Waals surface area contributed by atoms with Gasteiger partial charge in [0.15, 0.2) is 0 Å². The van der Waals surface area contributed by atoms with Crippen LogP contribution in [0.4, 0.5) is 0 Å². The Balaban J connectivity index is 0.000000810. The lowest BCUT2D eigenvalue weighted by Crippen LogP contribution is -1.99. The minimum Gasteiger partial charge on any atom is -0.472 e. The molecule has 2 N–H and O–H groups in total. The van der Waals surface area contributed by atoms with Gasteiger partial charge in [-0.3, -0.25) is 0 Å². The van der Waals surface area contributed by atoms with Gasteiger partial charge in [0.05, 0.1) is 12.5 Å². The Morgan fingerprint density at radius 2 is 2.40 bits per heavy atom. The molecule has 1 rings (SSSR count). The molecule has 0 atom stereocenters. The summed E-state index contributed by atoms with van der Waals surface area (Å²) >= 11 is 0. The van der Waals surface area contributed by atoms with E-state index in [9.17, 15) is 0 Å². The average Bonchev–Trinajstić information content (AvgIpc) is 2.37. The van der Waals surface area contributed by atoms with E-state index in [4.69, 9.17) is 10.2 Å². The summed E-state index contributed by atoms with van der Waals surface area (Å²) < 4.78 is 4.82. The molecule has 0 aliphatic rings. The fraction of sp³-hybridized carbons (Fsp3) is 0.143. The summed E-state index contributed by atoms with van der Waals surface area (Å²) in [6.07, 6.45) is 3.24. The van der Waals surface area contributed by atoms with Crippen LogP contribution in [0, 0.1) is 0 Å².